The summed E-state index contributed by atoms with van der Waals surface area (Å²) >= 11 is 1.67. The molecule has 1 aliphatic rings. The number of hydrogen-bond acceptors (Lipinski definition) is 9. The Balaban J connectivity index is 1.18. The highest BCUT2D eigenvalue weighted by atomic mass is 32.1. The molecule has 0 radical (unpaired) electrons. The Morgan fingerprint density at radius 1 is 1.06 bits per heavy atom. The Morgan fingerprint density at radius 3 is 2.51 bits per heavy atom. The maximum atomic E-state index is 10.5. The molecular formula is C26H30N4O4S. The van der Waals surface area contributed by atoms with Crippen LogP contribution in [0.1, 0.15) is 17.7 Å². The lowest BCUT2D eigenvalue weighted by Crippen LogP contribution is -2.55. The predicted octanol–water partition coefficient (Wildman–Crippen LogP) is 4.17. The van der Waals surface area contributed by atoms with Crippen molar-refractivity contribution in [1.29, 1.82) is 0 Å². The molecule has 8 nitrogen and oxygen atoms in total. The Labute approximate surface area is 208 Å². The molecule has 4 aromatic rings. The van der Waals surface area contributed by atoms with E-state index in [1.807, 2.05) is 55.5 Å². The molecule has 2 aromatic heterocycles. The number of aryl methyl sites for hydroxylation is 1. The van der Waals surface area contributed by atoms with Gasteiger partial charge in [0.25, 0.3) is 0 Å². The summed E-state index contributed by atoms with van der Waals surface area (Å²) < 4.78 is 18.2. The minimum atomic E-state index is -0.629. The normalized spacial score (nSPS) is 16.9. The molecule has 184 valence electrons. The molecule has 0 aliphatic carbocycles. The van der Waals surface area contributed by atoms with Crippen LogP contribution in [0.5, 0.6) is 11.5 Å². The van der Waals surface area contributed by atoms with Crippen molar-refractivity contribution < 1.29 is 19.1 Å². The van der Waals surface area contributed by atoms with Crippen molar-refractivity contribution in [2.24, 2.45) is 0 Å². The van der Waals surface area contributed by atoms with Gasteiger partial charge in [0.15, 0.2) is 12.0 Å². The van der Waals surface area contributed by atoms with Crippen molar-refractivity contribution in [2.75, 3.05) is 33.3 Å². The molecule has 1 unspecified atom stereocenters. The van der Waals surface area contributed by atoms with Gasteiger partial charge < -0.3 is 19.1 Å². The zero-order valence-corrected chi connectivity index (χ0v) is 21.0. The number of rotatable bonds is 8. The number of hydrogen-bond donors (Lipinski definition) is 1. The molecule has 5 rings (SSSR count). The largest absolute Gasteiger partial charge is 0.497 e. The van der Waals surface area contributed by atoms with Gasteiger partial charge in [-0.25, -0.2) is 4.98 Å². The van der Waals surface area contributed by atoms with Crippen molar-refractivity contribution in [2.45, 2.75) is 32.7 Å². The van der Waals surface area contributed by atoms with Crippen LogP contribution in [0, 0.1) is 6.92 Å². The van der Waals surface area contributed by atoms with E-state index in [1.165, 1.54) is 0 Å². The standard InChI is InChI=1S/C26H30N4O4S/c1-17(31)26(33-21-8-9-25-24(14-21)27-18(2)35-25)30-12-10-29(11-13-30)16-22-15-23(28-34-22)19-4-6-20(32-3)7-5-19/h4-9,14-15,17,26,31H,10-13,16H2,1-3H3/t17-,26?/m0/s1. The number of ether oxygens (including phenoxy) is 2. The molecule has 1 fully saturated rings. The van der Waals surface area contributed by atoms with Crippen LogP contribution in [0.25, 0.3) is 21.5 Å². The number of piperazine rings is 1. The van der Waals surface area contributed by atoms with Crippen molar-refractivity contribution >= 4 is 21.6 Å². The molecule has 0 bridgehead atoms. The lowest BCUT2D eigenvalue weighted by atomic mass is 10.1. The lowest BCUT2D eigenvalue weighted by molar-refractivity contribution is -0.0756. The number of aliphatic hydroxyl groups excluding tert-OH is 1. The lowest BCUT2D eigenvalue weighted by Gasteiger charge is -2.39. The van der Waals surface area contributed by atoms with Crippen LogP contribution >= 0.6 is 11.3 Å². The number of benzene rings is 2. The fraction of sp³-hybridized carbons (Fsp3) is 0.385. The third-order valence-corrected chi connectivity index (χ3v) is 7.18. The van der Waals surface area contributed by atoms with E-state index in [9.17, 15) is 5.11 Å². The maximum Gasteiger partial charge on any atom is 0.178 e. The van der Waals surface area contributed by atoms with Crippen LogP contribution in [-0.4, -0.2) is 70.7 Å². The van der Waals surface area contributed by atoms with Crippen molar-refractivity contribution in [3.63, 3.8) is 0 Å². The first kappa shape index (κ1) is 23.7. The highest BCUT2D eigenvalue weighted by Crippen LogP contribution is 2.27. The molecule has 0 amide bonds. The topological polar surface area (TPSA) is 84.1 Å². The predicted molar refractivity (Wildman–Crippen MR) is 136 cm³/mol. The van der Waals surface area contributed by atoms with E-state index in [0.717, 1.165) is 69.9 Å². The fourth-order valence-electron chi connectivity index (χ4n) is 4.39. The van der Waals surface area contributed by atoms with E-state index in [0.29, 0.717) is 6.54 Å². The van der Waals surface area contributed by atoms with E-state index in [1.54, 1.807) is 25.4 Å². The summed E-state index contributed by atoms with van der Waals surface area (Å²) in [4.78, 5) is 9.08. The SMILES string of the molecule is COc1ccc(-c2cc(CN3CCN(C(Oc4ccc5sc(C)nc5c4)[C@H](C)O)CC3)on2)cc1. The van der Waals surface area contributed by atoms with Crippen molar-refractivity contribution in [1.82, 2.24) is 19.9 Å². The van der Waals surface area contributed by atoms with Gasteiger partial charge in [-0.05, 0) is 50.2 Å². The second-order valence-corrected chi connectivity index (χ2v) is 10.1. The van der Waals surface area contributed by atoms with Gasteiger partial charge in [-0.3, -0.25) is 9.80 Å². The van der Waals surface area contributed by atoms with Gasteiger partial charge in [-0.15, -0.1) is 11.3 Å². The number of thiazole rings is 1. The third kappa shape index (κ3) is 5.48. The molecule has 1 aliphatic heterocycles. The van der Waals surface area contributed by atoms with Crippen LogP contribution < -0.4 is 9.47 Å². The highest BCUT2D eigenvalue weighted by molar-refractivity contribution is 7.18. The van der Waals surface area contributed by atoms with Gasteiger partial charge >= 0.3 is 0 Å². The molecule has 0 spiro atoms. The van der Waals surface area contributed by atoms with E-state index >= 15 is 0 Å². The summed E-state index contributed by atoms with van der Waals surface area (Å²) in [6, 6.07) is 15.7. The number of aromatic nitrogens is 2. The maximum absolute atomic E-state index is 10.5. The van der Waals surface area contributed by atoms with Crippen LogP contribution in [-0.2, 0) is 6.54 Å². The first-order valence-electron chi connectivity index (χ1n) is 11.8. The Bertz CT molecular complexity index is 1260. The molecule has 2 atom stereocenters. The van der Waals surface area contributed by atoms with Gasteiger partial charge in [0.2, 0.25) is 0 Å². The summed E-state index contributed by atoms with van der Waals surface area (Å²) in [7, 11) is 1.65. The van der Waals surface area contributed by atoms with Crippen molar-refractivity contribution in [3.05, 3.63) is 59.3 Å². The van der Waals surface area contributed by atoms with E-state index in [2.05, 4.69) is 19.9 Å². The quantitative estimate of drug-likeness (QED) is 0.391. The summed E-state index contributed by atoms with van der Waals surface area (Å²) in [6.45, 7) is 7.72. The van der Waals surface area contributed by atoms with Crippen molar-refractivity contribution in [3.8, 4) is 22.8 Å². The number of nitrogens with zero attached hydrogens (tertiary/aromatic N) is 4. The molecular weight excluding hydrogens is 464 g/mol. The van der Waals surface area contributed by atoms with Gasteiger partial charge in [-0.2, -0.15) is 0 Å². The molecule has 1 N–H and O–H groups in total. The summed E-state index contributed by atoms with van der Waals surface area (Å²) in [6.07, 6.45) is -1.04. The molecule has 3 heterocycles. The van der Waals surface area contributed by atoms with Crippen LogP contribution in [0.4, 0.5) is 0 Å². The van der Waals surface area contributed by atoms with Gasteiger partial charge in [0.1, 0.15) is 23.3 Å². The summed E-state index contributed by atoms with van der Waals surface area (Å²) in [5.74, 6) is 2.37. The fourth-order valence-corrected chi connectivity index (χ4v) is 5.20. The summed E-state index contributed by atoms with van der Waals surface area (Å²) in [5.41, 5.74) is 2.74. The zero-order valence-electron chi connectivity index (χ0n) is 20.2. The molecule has 9 heteroatoms. The Kier molecular flexibility index (Phi) is 7.01. The Hall–Kier alpha value is -2.98. The number of aliphatic hydroxyl groups is 1. The molecule has 1 saturated heterocycles. The highest BCUT2D eigenvalue weighted by Gasteiger charge is 2.29. The number of methoxy groups -OCH3 is 1. The molecule has 2 aromatic carbocycles. The van der Waals surface area contributed by atoms with E-state index in [4.69, 9.17) is 14.0 Å². The Morgan fingerprint density at radius 2 is 1.80 bits per heavy atom. The average Bonchev–Trinajstić information content (AvgIpc) is 3.48. The smallest absolute Gasteiger partial charge is 0.178 e. The monoisotopic (exact) mass is 494 g/mol. The van der Waals surface area contributed by atoms with E-state index < -0.39 is 12.3 Å². The van der Waals surface area contributed by atoms with Crippen LogP contribution in [0.2, 0.25) is 0 Å². The zero-order chi connectivity index (χ0) is 24.4. The second-order valence-electron chi connectivity index (χ2n) is 8.83. The van der Waals surface area contributed by atoms with E-state index in [-0.39, 0.29) is 0 Å². The number of fused-ring (bicyclic) bond motifs is 1. The average molecular weight is 495 g/mol. The summed E-state index contributed by atoms with van der Waals surface area (Å²) in [5, 5.41) is 15.7. The van der Waals surface area contributed by atoms with Gasteiger partial charge in [0, 0.05) is 43.9 Å². The minimum Gasteiger partial charge on any atom is -0.497 e. The third-order valence-electron chi connectivity index (χ3n) is 6.23. The van der Waals surface area contributed by atoms with Crippen LogP contribution in [0.3, 0.4) is 0 Å². The molecule has 0 saturated carbocycles. The van der Waals surface area contributed by atoms with Crippen LogP contribution in [0.15, 0.2) is 53.1 Å². The first-order chi connectivity index (χ1) is 17.0. The van der Waals surface area contributed by atoms with Gasteiger partial charge in [0.05, 0.1) is 28.9 Å². The minimum absolute atomic E-state index is 0.415. The molecule has 35 heavy (non-hydrogen) atoms. The second kappa shape index (κ2) is 10.3. The van der Waals surface area contributed by atoms with Gasteiger partial charge in [-0.1, -0.05) is 5.16 Å². The first-order valence-corrected chi connectivity index (χ1v) is 12.6.